The zero-order chi connectivity index (χ0) is 12.2. The van der Waals surface area contributed by atoms with Gasteiger partial charge >= 0.3 is 0 Å². The molecule has 1 rings (SSSR count). The van der Waals surface area contributed by atoms with Crippen LogP contribution in [0.4, 0.5) is 0 Å². The molecule has 0 atom stereocenters. The van der Waals surface area contributed by atoms with Crippen LogP contribution in [0.2, 0.25) is 5.02 Å². The Balaban J connectivity index is 2.39. The maximum atomic E-state index is 11.7. The van der Waals surface area contributed by atoms with Crippen LogP contribution < -0.4 is 0 Å². The second kappa shape index (κ2) is 5.49. The van der Waals surface area contributed by atoms with Crippen molar-refractivity contribution in [1.82, 2.24) is 0 Å². The van der Waals surface area contributed by atoms with Crippen LogP contribution in [0.25, 0.3) is 0 Å². The highest BCUT2D eigenvalue weighted by molar-refractivity contribution is 6.30. The molecule has 0 aliphatic carbocycles. The summed E-state index contributed by atoms with van der Waals surface area (Å²) in [4.78, 5) is 11.7. The first-order valence-electron chi connectivity index (χ1n) is 5.67. The first-order chi connectivity index (χ1) is 7.39. The molecule has 0 heterocycles. The molecule has 0 aliphatic heterocycles. The SMILES string of the molecule is CC(C)(C)C(=O)CCCc1cccc(Cl)c1. The third-order valence-corrected chi connectivity index (χ3v) is 2.83. The molecule has 0 saturated heterocycles. The van der Waals surface area contributed by atoms with E-state index in [1.54, 1.807) is 0 Å². The molecule has 1 aromatic carbocycles. The number of carbonyl (C=O) groups excluding carboxylic acids is 1. The van der Waals surface area contributed by atoms with Crippen molar-refractivity contribution in [3.8, 4) is 0 Å². The van der Waals surface area contributed by atoms with Gasteiger partial charge in [0.25, 0.3) is 0 Å². The van der Waals surface area contributed by atoms with E-state index in [4.69, 9.17) is 11.6 Å². The second-order valence-electron chi connectivity index (χ2n) is 5.16. The predicted molar refractivity (Wildman–Crippen MR) is 68.9 cm³/mol. The van der Waals surface area contributed by atoms with Crippen LogP contribution in [-0.2, 0) is 11.2 Å². The maximum absolute atomic E-state index is 11.7. The lowest BCUT2D eigenvalue weighted by atomic mass is 9.87. The van der Waals surface area contributed by atoms with Crippen LogP contribution in [0.1, 0.15) is 39.2 Å². The van der Waals surface area contributed by atoms with Crippen molar-refractivity contribution in [2.24, 2.45) is 5.41 Å². The van der Waals surface area contributed by atoms with Crippen LogP contribution in [0.15, 0.2) is 24.3 Å². The fourth-order valence-corrected chi connectivity index (χ4v) is 1.73. The van der Waals surface area contributed by atoms with Gasteiger partial charge in [-0.1, -0.05) is 44.5 Å². The minimum absolute atomic E-state index is 0.214. The van der Waals surface area contributed by atoms with E-state index in [1.165, 1.54) is 5.56 Å². The molecule has 0 amide bonds. The van der Waals surface area contributed by atoms with Gasteiger partial charge in [-0.25, -0.2) is 0 Å². The number of hydrogen-bond acceptors (Lipinski definition) is 1. The van der Waals surface area contributed by atoms with E-state index in [1.807, 2.05) is 45.0 Å². The summed E-state index contributed by atoms with van der Waals surface area (Å²) in [6.45, 7) is 5.90. The van der Waals surface area contributed by atoms with Crippen molar-refractivity contribution in [1.29, 1.82) is 0 Å². The quantitative estimate of drug-likeness (QED) is 0.765. The normalized spacial score (nSPS) is 11.5. The average molecular weight is 239 g/mol. The molecule has 0 aromatic heterocycles. The number of carbonyl (C=O) groups is 1. The Morgan fingerprint density at radius 2 is 2.00 bits per heavy atom. The molecule has 0 unspecified atom stereocenters. The molecule has 0 N–H and O–H groups in total. The Morgan fingerprint density at radius 1 is 1.31 bits per heavy atom. The van der Waals surface area contributed by atoms with Gasteiger partial charge in [-0.15, -0.1) is 0 Å². The Hall–Kier alpha value is -0.820. The topological polar surface area (TPSA) is 17.1 Å². The summed E-state index contributed by atoms with van der Waals surface area (Å²) in [6, 6.07) is 7.82. The molecular formula is C14H19ClO. The summed E-state index contributed by atoms with van der Waals surface area (Å²) in [5, 5.41) is 0.764. The lowest BCUT2D eigenvalue weighted by Gasteiger charge is -2.16. The Bertz CT molecular complexity index is 363. The minimum atomic E-state index is -0.214. The number of Topliss-reactive ketones (excluding diaryl/α,β-unsaturated/α-hetero) is 1. The fourth-order valence-electron chi connectivity index (χ4n) is 1.52. The van der Waals surface area contributed by atoms with Crippen LogP contribution in [0, 0.1) is 5.41 Å². The van der Waals surface area contributed by atoms with E-state index in [-0.39, 0.29) is 5.41 Å². The Kier molecular flexibility index (Phi) is 4.55. The molecular weight excluding hydrogens is 220 g/mol. The minimum Gasteiger partial charge on any atom is -0.299 e. The molecule has 0 bridgehead atoms. The molecule has 1 aromatic rings. The van der Waals surface area contributed by atoms with Gasteiger partial charge in [-0.05, 0) is 30.5 Å². The van der Waals surface area contributed by atoms with Gasteiger partial charge in [-0.2, -0.15) is 0 Å². The van der Waals surface area contributed by atoms with Gasteiger partial charge in [0.1, 0.15) is 5.78 Å². The van der Waals surface area contributed by atoms with Gasteiger partial charge in [0.15, 0.2) is 0 Å². The molecule has 0 aliphatic rings. The van der Waals surface area contributed by atoms with Crippen molar-refractivity contribution in [3.63, 3.8) is 0 Å². The van der Waals surface area contributed by atoms with Gasteiger partial charge in [0, 0.05) is 16.9 Å². The zero-order valence-electron chi connectivity index (χ0n) is 10.2. The van der Waals surface area contributed by atoms with Gasteiger partial charge < -0.3 is 0 Å². The molecule has 1 nitrogen and oxygen atoms in total. The van der Waals surface area contributed by atoms with Crippen LogP contribution in [-0.4, -0.2) is 5.78 Å². The number of aryl methyl sites for hydroxylation is 1. The standard InChI is InChI=1S/C14H19ClO/c1-14(2,3)13(16)9-5-7-11-6-4-8-12(15)10-11/h4,6,8,10H,5,7,9H2,1-3H3. The summed E-state index contributed by atoms with van der Waals surface area (Å²) in [5.41, 5.74) is 0.989. The lowest BCUT2D eigenvalue weighted by molar-refractivity contribution is -0.126. The molecule has 0 saturated carbocycles. The number of hydrogen-bond donors (Lipinski definition) is 0. The first kappa shape index (κ1) is 13.2. The number of halogens is 1. The first-order valence-corrected chi connectivity index (χ1v) is 6.05. The van der Waals surface area contributed by atoms with E-state index < -0.39 is 0 Å². The van der Waals surface area contributed by atoms with E-state index in [9.17, 15) is 4.79 Å². The summed E-state index contributed by atoms with van der Waals surface area (Å²) < 4.78 is 0. The van der Waals surface area contributed by atoms with E-state index in [2.05, 4.69) is 0 Å². The van der Waals surface area contributed by atoms with Crippen molar-refractivity contribution in [2.75, 3.05) is 0 Å². The third-order valence-electron chi connectivity index (χ3n) is 2.59. The van der Waals surface area contributed by atoms with Gasteiger partial charge in [0.05, 0.1) is 0 Å². The lowest BCUT2D eigenvalue weighted by Crippen LogP contribution is -2.19. The molecule has 0 fully saturated rings. The summed E-state index contributed by atoms with van der Waals surface area (Å²) in [6.07, 6.45) is 2.47. The summed E-state index contributed by atoms with van der Waals surface area (Å²) in [7, 11) is 0. The Morgan fingerprint density at radius 3 is 2.56 bits per heavy atom. The van der Waals surface area contributed by atoms with E-state index in [0.29, 0.717) is 12.2 Å². The van der Waals surface area contributed by atoms with Crippen LogP contribution in [0.5, 0.6) is 0 Å². The van der Waals surface area contributed by atoms with Crippen molar-refractivity contribution >= 4 is 17.4 Å². The second-order valence-corrected chi connectivity index (χ2v) is 5.59. The van der Waals surface area contributed by atoms with Crippen molar-refractivity contribution in [3.05, 3.63) is 34.9 Å². The van der Waals surface area contributed by atoms with Crippen molar-refractivity contribution in [2.45, 2.75) is 40.0 Å². The highest BCUT2D eigenvalue weighted by Crippen LogP contribution is 2.19. The molecule has 88 valence electrons. The van der Waals surface area contributed by atoms with Gasteiger partial charge in [-0.3, -0.25) is 4.79 Å². The summed E-state index contributed by atoms with van der Waals surface area (Å²) in [5.74, 6) is 0.328. The predicted octanol–water partition coefficient (Wildman–Crippen LogP) is 4.28. The number of benzene rings is 1. The monoisotopic (exact) mass is 238 g/mol. The number of rotatable bonds is 4. The maximum Gasteiger partial charge on any atom is 0.138 e. The molecule has 16 heavy (non-hydrogen) atoms. The van der Waals surface area contributed by atoms with E-state index >= 15 is 0 Å². The highest BCUT2D eigenvalue weighted by atomic mass is 35.5. The smallest absolute Gasteiger partial charge is 0.138 e. The molecule has 0 radical (unpaired) electrons. The van der Waals surface area contributed by atoms with Crippen molar-refractivity contribution < 1.29 is 4.79 Å². The van der Waals surface area contributed by atoms with Gasteiger partial charge in [0.2, 0.25) is 0 Å². The van der Waals surface area contributed by atoms with Crippen LogP contribution in [0.3, 0.4) is 0 Å². The highest BCUT2D eigenvalue weighted by Gasteiger charge is 2.19. The van der Waals surface area contributed by atoms with E-state index in [0.717, 1.165) is 17.9 Å². The molecule has 0 spiro atoms. The Labute approximate surface area is 103 Å². The molecule has 2 heteroatoms. The third kappa shape index (κ3) is 4.36. The fraction of sp³-hybridized carbons (Fsp3) is 0.500. The van der Waals surface area contributed by atoms with Crippen LogP contribution >= 0.6 is 11.6 Å². The average Bonchev–Trinajstić information content (AvgIpc) is 2.16. The zero-order valence-corrected chi connectivity index (χ0v) is 11.0. The largest absolute Gasteiger partial charge is 0.299 e. The summed E-state index contributed by atoms with van der Waals surface area (Å²) >= 11 is 5.89. The number of ketones is 1.